The van der Waals surface area contributed by atoms with Crippen LogP contribution in [0.3, 0.4) is 0 Å². The van der Waals surface area contributed by atoms with E-state index in [4.69, 9.17) is 10.4 Å². The smallest absolute Gasteiger partial charge is 0.409 e. The molecule has 0 aliphatic carbocycles. The summed E-state index contributed by atoms with van der Waals surface area (Å²) in [6.45, 7) is 2.26. The van der Waals surface area contributed by atoms with E-state index in [1.165, 1.54) is 6.07 Å². The van der Waals surface area contributed by atoms with Crippen molar-refractivity contribution >= 4 is 17.7 Å². The second kappa shape index (κ2) is 7.69. The molecule has 0 radical (unpaired) electrons. The van der Waals surface area contributed by atoms with Crippen molar-refractivity contribution in [3.05, 3.63) is 64.7 Å². The van der Waals surface area contributed by atoms with Gasteiger partial charge in [-0.2, -0.15) is 5.26 Å². The molecule has 6 nitrogen and oxygen atoms in total. The molecular formula is C21H20FN3O3. The molecule has 0 bridgehead atoms. The third-order valence-corrected chi connectivity index (χ3v) is 5.10. The Bertz CT molecular complexity index is 942. The minimum absolute atomic E-state index is 0.163. The van der Waals surface area contributed by atoms with Crippen molar-refractivity contribution < 1.29 is 19.1 Å². The molecule has 2 amide bonds. The van der Waals surface area contributed by atoms with Gasteiger partial charge in [0.2, 0.25) is 0 Å². The number of alkyl halides is 1. The van der Waals surface area contributed by atoms with Crippen LogP contribution >= 0.6 is 0 Å². The summed E-state index contributed by atoms with van der Waals surface area (Å²) in [4.78, 5) is 25.2. The summed E-state index contributed by atoms with van der Waals surface area (Å²) < 4.78 is 15.3. The van der Waals surface area contributed by atoms with Gasteiger partial charge in [0.05, 0.1) is 11.6 Å². The molecule has 2 N–H and O–H groups in total. The lowest BCUT2D eigenvalue weighted by molar-refractivity contribution is 0.0421. The summed E-state index contributed by atoms with van der Waals surface area (Å²) in [7, 11) is 0. The summed E-state index contributed by atoms with van der Waals surface area (Å²) in [5, 5.41) is 20.0. The zero-order chi connectivity index (χ0) is 20.3. The number of piperidine rings is 1. The molecule has 1 aliphatic heterocycles. The third kappa shape index (κ3) is 3.96. The summed E-state index contributed by atoms with van der Waals surface area (Å²) in [5.74, 6) is -0.254. The molecule has 0 saturated carbocycles. The first-order valence-corrected chi connectivity index (χ1v) is 8.92. The van der Waals surface area contributed by atoms with Crippen LogP contribution in [0.25, 0.3) is 0 Å². The number of rotatable bonds is 3. The predicted molar refractivity (Wildman–Crippen MR) is 102 cm³/mol. The molecule has 1 fully saturated rings. The van der Waals surface area contributed by atoms with E-state index >= 15 is 4.39 Å². The van der Waals surface area contributed by atoms with Gasteiger partial charge in [0.25, 0.3) is 5.91 Å². The SMILES string of the molecule is Cc1ccc(C(=O)N2CCC(F)(c3ccc(C#N)cc3)CC2)cc1NC(=O)O. The molecule has 3 rings (SSSR count). The average molecular weight is 381 g/mol. The van der Waals surface area contributed by atoms with Crippen LogP contribution in [-0.2, 0) is 5.67 Å². The first-order valence-electron chi connectivity index (χ1n) is 8.92. The lowest BCUT2D eigenvalue weighted by Gasteiger charge is -2.36. The Hall–Kier alpha value is -3.40. The number of carboxylic acid groups (broad SMARTS) is 1. The molecule has 1 heterocycles. The number of nitrogens with zero attached hydrogens (tertiary/aromatic N) is 2. The molecule has 0 atom stereocenters. The quantitative estimate of drug-likeness (QED) is 0.838. The molecule has 2 aromatic rings. The molecule has 0 aromatic heterocycles. The molecule has 28 heavy (non-hydrogen) atoms. The second-order valence-corrected chi connectivity index (χ2v) is 6.91. The maximum Gasteiger partial charge on any atom is 0.409 e. The van der Waals surface area contributed by atoms with Crippen molar-refractivity contribution in [1.82, 2.24) is 4.90 Å². The molecular weight excluding hydrogens is 361 g/mol. The molecule has 1 aliphatic rings. The number of hydrogen-bond donors (Lipinski definition) is 2. The van der Waals surface area contributed by atoms with Gasteiger partial charge in [-0.1, -0.05) is 18.2 Å². The zero-order valence-electron chi connectivity index (χ0n) is 15.4. The molecule has 144 valence electrons. The first kappa shape index (κ1) is 19.4. The van der Waals surface area contributed by atoms with Crippen LogP contribution in [0.4, 0.5) is 14.9 Å². The van der Waals surface area contributed by atoms with Crippen molar-refractivity contribution in [2.45, 2.75) is 25.4 Å². The highest BCUT2D eigenvalue weighted by Crippen LogP contribution is 2.37. The Balaban J connectivity index is 1.71. The second-order valence-electron chi connectivity index (χ2n) is 6.91. The van der Waals surface area contributed by atoms with Crippen molar-refractivity contribution in [2.24, 2.45) is 0 Å². The number of hydrogen-bond acceptors (Lipinski definition) is 3. The Labute approximate surface area is 162 Å². The topological polar surface area (TPSA) is 93.4 Å². The molecule has 0 spiro atoms. The van der Waals surface area contributed by atoms with E-state index in [0.29, 0.717) is 27.9 Å². The van der Waals surface area contributed by atoms with Gasteiger partial charge in [-0.25, -0.2) is 9.18 Å². The van der Waals surface area contributed by atoms with Crippen LogP contribution in [0.5, 0.6) is 0 Å². The van der Waals surface area contributed by atoms with E-state index in [0.717, 1.165) is 0 Å². The van der Waals surface area contributed by atoms with E-state index in [9.17, 15) is 9.59 Å². The number of carbonyl (C=O) groups excluding carboxylic acids is 1. The Kier molecular flexibility index (Phi) is 5.32. The number of nitriles is 1. The first-order chi connectivity index (χ1) is 13.3. The fraction of sp³-hybridized carbons (Fsp3) is 0.286. The minimum Gasteiger partial charge on any atom is -0.465 e. The molecule has 0 unspecified atom stereocenters. The van der Waals surface area contributed by atoms with Gasteiger partial charge >= 0.3 is 6.09 Å². The molecule has 2 aromatic carbocycles. The number of benzene rings is 2. The van der Waals surface area contributed by atoms with Crippen LogP contribution in [0.1, 0.15) is 39.9 Å². The summed E-state index contributed by atoms with van der Waals surface area (Å²) in [6, 6.07) is 13.3. The largest absolute Gasteiger partial charge is 0.465 e. The summed E-state index contributed by atoms with van der Waals surface area (Å²) >= 11 is 0. The summed E-state index contributed by atoms with van der Waals surface area (Å²) in [5.41, 5.74) is 0.883. The van der Waals surface area contributed by atoms with Crippen molar-refractivity contribution in [2.75, 3.05) is 18.4 Å². The number of amides is 2. The molecule has 7 heteroatoms. The zero-order valence-corrected chi connectivity index (χ0v) is 15.4. The Morgan fingerprint density at radius 2 is 1.82 bits per heavy atom. The van der Waals surface area contributed by atoms with E-state index in [-0.39, 0.29) is 31.8 Å². The van der Waals surface area contributed by atoms with Crippen molar-refractivity contribution in [3.8, 4) is 6.07 Å². The normalized spacial score (nSPS) is 15.5. The fourth-order valence-electron chi connectivity index (χ4n) is 3.38. The number of carbonyl (C=O) groups is 2. The van der Waals surface area contributed by atoms with Crippen LogP contribution < -0.4 is 5.32 Å². The third-order valence-electron chi connectivity index (χ3n) is 5.10. The van der Waals surface area contributed by atoms with Gasteiger partial charge in [-0.05, 0) is 42.3 Å². The summed E-state index contributed by atoms with van der Waals surface area (Å²) in [6.07, 6.45) is -0.872. The van der Waals surface area contributed by atoms with Gasteiger partial charge in [0.1, 0.15) is 5.67 Å². The van der Waals surface area contributed by atoms with Crippen LogP contribution in [0, 0.1) is 18.3 Å². The van der Waals surface area contributed by atoms with Gasteiger partial charge in [0.15, 0.2) is 0 Å². The highest BCUT2D eigenvalue weighted by molar-refractivity contribution is 5.96. The van der Waals surface area contributed by atoms with Gasteiger partial charge in [-0.15, -0.1) is 0 Å². The number of anilines is 1. The predicted octanol–water partition coefficient (Wildman–Crippen LogP) is 4.06. The van der Waals surface area contributed by atoms with E-state index in [1.54, 1.807) is 48.2 Å². The van der Waals surface area contributed by atoms with Crippen molar-refractivity contribution in [3.63, 3.8) is 0 Å². The highest BCUT2D eigenvalue weighted by Gasteiger charge is 2.37. The number of nitrogens with one attached hydrogen (secondary N) is 1. The lowest BCUT2D eigenvalue weighted by Crippen LogP contribution is -2.43. The van der Waals surface area contributed by atoms with E-state index in [1.807, 2.05) is 6.07 Å². The Morgan fingerprint density at radius 1 is 1.18 bits per heavy atom. The number of aryl methyl sites for hydroxylation is 1. The lowest BCUT2D eigenvalue weighted by atomic mass is 9.85. The van der Waals surface area contributed by atoms with Crippen LogP contribution in [0.15, 0.2) is 42.5 Å². The standard InChI is InChI=1S/C21H20FN3O3/c1-14-2-5-16(12-18(14)24-20(27)28)19(26)25-10-8-21(22,9-11-25)17-6-3-15(13-23)4-7-17/h2-7,12,24H,8-11H2,1H3,(H,27,28). The van der Waals surface area contributed by atoms with Crippen LogP contribution in [0.2, 0.25) is 0 Å². The maximum absolute atomic E-state index is 15.3. The monoisotopic (exact) mass is 381 g/mol. The average Bonchev–Trinajstić information content (AvgIpc) is 2.69. The highest BCUT2D eigenvalue weighted by atomic mass is 19.1. The van der Waals surface area contributed by atoms with E-state index in [2.05, 4.69) is 5.32 Å². The fourth-order valence-corrected chi connectivity index (χ4v) is 3.38. The van der Waals surface area contributed by atoms with E-state index < -0.39 is 11.8 Å². The molecule has 1 saturated heterocycles. The van der Waals surface area contributed by atoms with Crippen LogP contribution in [-0.4, -0.2) is 35.1 Å². The number of likely N-dealkylation sites (tertiary alicyclic amines) is 1. The maximum atomic E-state index is 15.3. The Morgan fingerprint density at radius 3 is 2.39 bits per heavy atom. The number of halogens is 1. The van der Waals surface area contributed by atoms with Gasteiger partial charge in [0, 0.05) is 37.2 Å². The minimum atomic E-state index is -1.53. The van der Waals surface area contributed by atoms with Gasteiger partial charge in [-0.3, -0.25) is 10.1 Å². The van der Waals surface area contributed by atoms with Crippen molar-refractivity contribution in [1.29, 1.82) is 5.26 Å². The van der Waals surface area contributed by atoms with Gasteiger partial charge < -0.3 is 10.0 Å².